The van der Waals surface area contributed by atoms with E-state index in [1.54, 1.807) is 10.6 Å². The highest BCUT2D eigenvalue weighted by molar-refractivity contribution is 6.00. The van der Waals surface area contributed by atoms with E-state index in [9.17, 15) is 23.5 Å². The fourth-order valence-electron chi connectivity index (χ4n) is 4.56. The van der Waals surface area contributed by atoms with Crippen LogP contribution >= 0.6 is 0 Å². The van der Waals surface area contributed by atoms with E-state index in [-0.39, 0.29) is 23.5 Å². The summed E-state index contributed by atoms with van der Waals surface area (Å²) in [6.45, 7) is -2.45. The van der Waals surface area contributed by atoms with Crippen LogP contribution in [0.4, 0.5) is 8.78 Å². The molecule has 0 bridgehead atoms. The van der Waals surface area contributed by atoms with Crippen LogP contribution < -0.4 is 10.2 Å². The molecular formula is C20H15F2NO5. The predicted molar refractivity (Wildman–Crippen MR) is 94.6 cm³/mol. The van der Waals surface area contributed by atoms with Gasteiger partial charge in [0, 0.05) is 36.5 Å². The van der Waals surface area contributed by atoms with Crippen LogP contribution in [0.2, 0.25) is 0 Å². The van der Waals surface area contributed by atoms with Gasteiger partial charge in [-0.15, -0.1) is 0 Å². The maximum absolute atomic E-state index is 12.8. The summed E-state index contributed by atoms with van der Waals surface area (Å²) in [5.74, 6) is -1.18. The highest BCUT2D eigenvalue weighted by Crippen LogP contribution is 2.51. The van der Waals surface area contributed by atoms with Gasteiger partial charge in [0.15, 0.2) is 5.43 Å². The minimum Gasteiger partial charge on any atom is -0.477 e. The zero-order valence-electron chi connectivity index (χ0n) is 14.5. The number of alkyl halides is 2. The summed E-state index contributed by atoms with van der Waals surface area (Å²) in [6.07, 6.45) is 2.02. The number of carbonyl (C=O) groups is 1. The van der Waals surface area contributed by atoms with E-state index >= 15 is 0 Å². The summed E-state index contributed by atoms with van der Waals surface area (Å²) in [4.78, 5) is 23.7. The molecule has 1 aliphatic carbocycles. The monoisotopic (exact) mass is 387 g/mol. The molecule has 2 aromatic rings. The Kier molecular flexibility index (Phi) is 3.67. The van der Waals surface area contributed by atoms with Gasteiger partial charge in [0.2, 0.25) is 0 Å². The molecule has 2 aliphatic heterocycles. The van der Waals surface area contributed by atoms with Crippen molar-refractivity contribution >= 4 is 17.1 Å². The maximum Gasteiger partial charge on any atom is 0.387 e. The number of hydrogen-bond donors (Lipinski definition) is 1. The molecule has 1 aromatic heterocycles. The number of fused-ring (bicyclic) bond motifs is 7. The van der Waals surface area contributed by atoms with Crippen molar-refractivity contribution in [3.8, 4) is 5.75 Å². The molecule has 3 heterocycles. The lowest BCUT2D eigenvalue weighted by molar-refractivity contribution is -0.0503. The third-order valence-electron chi connectivity index (χ3n) is 5.64. The van der Waals surface area contributed by atoms with Crippen molar-refractivity contribution < 1.29 is 28.2 Å². The molecule has 0 spiro atoms. The number of aromatic nitrogens is 1. The van der Waals surface area contributed by atoms with E-state index in [0.717, 1.165) is 16.7 Å². The van der Waals surface area contributed by atoms with Crippen LogP contribution in [-0.2, 0) is 11.2 Å². The molecule has 0 unspecified atom stereocenters. The molecule has 6 nitrogen and oxygen atoms in total. The van der Waals surface area contributed by atoms with Gasteiger partial charge in [0.05, 0.1) is 6.04 Å². The predicted octanol–water partition coefficient (Wildman–Crippen LogP) is 2.96. The Bertz CT molecular complexity index is 1100. The standard InChI is InChI=1S/C20H15F2NO5/c21-20(22)28-16-3-1-2-9-10(16)6-11-14-7-15(24)12(19(25)26)8-23(14)13-4-5-27-18(13)17(9)11/h1-3,7-8,13,18,20H,4-6H2,(H,25,26)/t13-,18+/m1/s1. The topological polar surface area (TPSA) is 77.8 Å². The molecule has 1 N–H and O–H groups in total. The molecule has 0 amide bonds. The quantitative estimate of drug-likeness (QED) is 0.876. The normalized spacial score (nSPS) is 22.0. The number of carboxylic acid groups (broad SMARTS) is 1. The number of benzene rings is 1. The highest BCUT2D eigenvalue weighted by atomic mass is 19.3. The lowest BCUT2D eigenvalue weighted by Crippen LogP contribution is -2.31. The number of aromatic carboxylic acids is 1. The molecule has 1 aromatic carbocycles. The molecule has 2 atom stereocenters. The molecule has 8 heteroatoms. The van der Waals surface area contributed by atoms with Gasteiger partial charge in [-0.05, 0) is 29.2 Å². The molecule has 28 heavy (non-hydrogen) atoms. The SMILES string of the molecule is O=C(O)c1cn2c(cc1=O)C1=C(c3cccc(OC(F)F)c3C1)[C@H]1OCC[C@H]12. The van der Waals surface area contributed by atoms with Crippen molar-refractivity contribution in [2.75, 3.05) is 6.61 Å². The Morgan fingerprint density at radius 1 is 1.36 bits per heavy atom. The summed E-state index contributed by atoms with van der Waals surface area (Å²) in [7, 11) is 0. The summed E-state index contributed by atoms with van der Waals surface area (Å²) in [6, 6.07) is 6.17. The Labute approximate surface area is 157 Å². The van der Waals surface area contributed by atoms with E-state index in [1.807, 2.05) is 6.07 Å². The Morgan fingerprint density at radius 2 is 2.18 bits per heavy atom. The molecule has 1 fully saturated rings. The Hall–Kier alpha value is -3.00. The fraction of sp³-hybridized carbons (Fsp3) is 0.300. The number of allylic oxidation sites excluding steroid dienone is 1. The van der Waals surface area contributed by atoms with E-state index in [4.69, 9.17) is 4.74 Å². The zero-order valence-corrected chi connectivity index (χ0v) is 14.5. The number of halogens is 2. The van der Waals surface area contributed by atoms with Gasteiger partial charge in [0.1, 0.15) is 17.4 Å². The van der Waals surface area contributed by atoms with Crippen molar-refractivity contribution in [1.29, 1.82) is 0 Å². The summed E-state index contributed by atoms with van der Waals surface area (Å²) in [5, 5.41) is 9.31. The molecule has 144 valence electrons. The van der Waals surface area contributed by atoms with E-state index < -0.39 is 18.0 Å². The fourth-order valence-corrected chi connectivity index (χ4v) is 4.56. The third kappa shape index (κ3) is 2.34. The lowest BCUT2D eigenvalue weighted by atomic mass is 9.89. The molecule has 0 radical (unpaired) electrons. The van der Waals surface area contributed by atoms with Gasteiger partial charge in [-0.25, -0.2) is 4.79 Å². The van der Waals surface area contributed by atoms with Crippen molar-refractivity contribution in [3.63, 3.8) is 0 Å². The van der Waals surface area contributed by atoms with Gasteiger partial charge in [-0.2, -0.15) is 8.78 Å². The summed E-state index contributed by atoms with van der Waals surface area (Å²) in [5.41, 5.74) is 2.81. The Morgan fingerprint density at radius 3 is 2.93 bits per heavy atom. The van der Waals surface area contributed by atoms with Crippen molar-refractivity contribution in [2.24, 2.45) is 0 Å². The van der Waals surface area contributed by atoms with Crippen LogP contribution in [0.5, 0.6) is 5.75 Å². The van der Waals surface area contributed by atoms with Crippen molar-refractivity contribution in [2.45, 2.75) is 31.6 Å². The van der Waals surface area contributed by atoms with Gasteiger partial charge in [-0.1, -0.05) is 12.1 Å². The maximum atomic E-state index is 12.8. The Balaban J connectivity index is 1.72. The third-order valence-corrected chi connectivity index (χ3v) is 5.64. The average Bonchev–Trinajstić information content (AvgIpc) is 3.25. The molecule has 5 rings (SSSR count). The summed E-state index contributed by atoms with van der Waals surface area (Å²) >= 11 is 0. The first-order valence-corrected chi connectivity index (χ1v) is 8.87. The second kappa shape index (κ2) is 6.00. The molecular weight excluding hydrogens is 372 g/mol. The van der Waals surface area contributed by atoms with Crippen LogP contribution in [0.15, 0.2) is 35.3 Å². The molecule has 1 saturated heterocycles. The first kappa shape index (κ1) is 17.1. The van der Waals surface area contributed by atoms with Gasteiger partial charge in [0.25, 0.3) is 0 Å². The largest absolute Gasteiger partial charge is 0.477 e. The van der Waals surface area contributed by atoms with Crippen LogP contribution in [0.1, 0.15) is 39.6 Å². The molecule has 3 aliphatic rings. The highest BCUT2D eigenvalue weighted by Gasteiger charge is 2.43. The smallest absolute Gasteiger partial charge is 0.387 e. The van der Waals surface area contributed by atoms with Crippen LogP contribution in [0.3, 0.4) is 0 Å². The number of pyridine rings is 1. The van der Waals surface area contributed by atoms with Crippen molar-refractivity contribution in [3.05, 3.63) is 63.1 Å². The van der Waals surface area contributed by atoms with Gasteiger partial charge < -0.3 is 19.1 Å². The van der Waals surface area contributed by atoms with Crippen LogP contribution in [-0.4, -0.2) is 35.0 Å². The first-order chi connectivity index (χ1) is 13.5. The van der Waals surface area contributed by atoms with Gasteiger partial charge in [-0.3, -0.25) is 4.79 Å². The number of carboxylic acids is 1. The van der Waals surface area contributed by atoms with E-state index in [2.05, 4.69) is 4.74 Å². The molecule has 0 saturated carbocycles. The summed E-state index contributed by atoms with van der Waals surface area (Å²) < 4.78 is 38.1. The lowest BCUT2D eigenvalue weighted by Gasteiger charge is -2.32. The van der Waals surface area contributed by atoms with E-state index in [1.165, 1.54) is 18.3 Å². The first-order valence-electron chi connectivity index (χ1n) is 8.87. The van der Waals surface area contributed by atoms with Crippen LogP contribution in [0.25, 0.3) is 11.1 Å². The van der Waals surface area contributed by atoms with Crippen LogP contribution in [0, 0.1) is 0 Å². The number of hydrogen-bond acceptors (Lipinski definition) is 4. The number of rotatable bonds is 3. The zero-order chi connectivity index (χ0) is 19.6. The van der Waals surface area contributed by atoms with Gasteiger partial charge >= 0.3 is 12.6 Å². The number of ether oxygens (including phenoxy) is 2. The second-order valence-corrected chi connectivity index (χ2v) is 7.03. The minimum atomic E-state index is -2.94. The second-order valence-electron chi connectivity index (χ2n) is 7.03. The van der Waals surface area contributed by atoms with Crippen molar-refractivity contribution in [1.82, 2.24) is 4.57 Å². The number of nitrogens with zero attached hydrogens (tertiary/aromatic N) is 1. The average molecular weight is 387 g/mol. The minimum absolute atomic E-state index is 0.104. The van der Waals surface area contributed by atoms with E-state index in [0.29, 0.717) is 30.7 Å².